The molecule has 2 heterocycles. The molecule has 1 aliphatic rings. The van der Waals surface area contributed by atoms with Crippen molar-refractivity contribution in [3.8, 4) is 5.75 Å². The first kappa shape index (κ1) is 22.4. The number of amides is 1. The Bertz CT molecular complexity index is 968. The number of carbonyl (C=O) groups is 1. The van der Waals surface area contributed by atoms with Gasteiger partial charge in [-0.2, -0.15) is 0 Å². The lowest BCUT2D eigenvalue weighted by Gasteiger charge is -2.42. The van der Waals surface area contributed by atoms with Gasteiger partial charge in [0.2, 0.25) is 5.91 Å². The molecule has 1 N–H and O–H groups in total. The molecule has 6 heteroatoms. The summed E-state index contributed by atoms with van der Waals surface area (Å²) in [6, 6.07) is 22.8. The molecule has 1 amide bonds. The summed E-state index contributed by atoms with van der Waals surface area (Å²) in [6.45, 7) is 6.03. The number of benzene rings is 2. The fraction of sp³-hybridized carbons (Fsp3) is 0.346. The number of nitrogens with one attached hydrogen (secondary N) is 1. The predicted octanol–water partition coefficient (Wildman–Crippen LogP) is 4.37. The molecule has 0 bridgehead atoms. The number of nitrogens with zero attached hydrogens (tertiary/aromatic N) is 2. The second-order valence-corrected chi connectivity index (χ2v) is 9.18. The highest BCUT2D eigenvalue weighted by Crippen LogP contribution is 2.30. The number of piperazine rings is 1. The number of carbonyl (C=O) groups excluding carboxylic acids is 1. The average Bonchev–Trinajstić information content (AvgIpc) is 3.35. The van der Waals surface area contributed by atoms with E-state index in [1.165, 1.54) is 10.6 Å². The first-order valence-electron chi connectivity index (χ1n) is 11.1. The lowest BCUT2D eigenvalue weighted by molar-refractivity contribution is -0.121. The number of ether oxygens (including phenoxy) is 1. The molecule has 0 aliphatic carbocycles. The number of thiophene rings is 1. The topological polar surface area (TPSA) is 44.8 Å². The van der Waals surface area contributed by atoms with Crippen molar-refractivity contribution in [2.24, 2.45) is 0 Å². The van der Waals surface area contributed by atoms with Crippen molar-refractivity contribution < 1.29 is 9.53 Å². The van der Waals surface area contributed by atoms with Gasteiger partial charge in [0.1, 0.15) is 5.75 Å². The Morgan fingerprint density at radius 3 is 2.34 bits per heavy atom. The molecule has 0 spiro atoms. The summed E-state index contributed by atoms with van der Waals surface area (Å²) in [5.41, 5.74) is 2.26. The van der Waals surface area contributed by atoms with Gasteiger partial charge < -0.3 is 15.0 Å². The minimum atomic E-state index is 0.0164. The van der Waals surface area contributed by atoms with Crippen molar-refractivity contribution in [1.82, 2.24) is 10.2 Å². The summed E-state index contributed by atoms with van der Waals surface area (Å²) in [5.74, 6) is 0.849. The SMILES string of the molecule is COc1ccc(CC(=O)N[C@@H](C)[C@@H](c2cccs2)N2CCN(c3ccccc3)CC2)cc1. The minimum absolute atomic E-state index is 0.0164. The molecule has 168 valence electrons. The van der Waals surface area contributed by atoms with Crippen LogP contribution in [0.4, 0.5) is 5.69 Å². The van der Waals surface area contributed by atoms with Crippen LogP contribution in [0.15, 0.2) is 72.1 Å². The maximum atomic E-state index is 12.8. The Morgan fingerprint density at radius 2 is 1.72 bits per heavy atom. The second kappa shape index (κ2) is 10.7. The Labute approximate surface area is 194 Å². The van der Waals surface area contributed by atoms with Crippen molar-refractivity contribution in [3.05, 3.63) is 82.6 Å². The highest BCUT2D eigenvalue weighted by atomic mass is 32.1. The van der Waals surface area contributed by atoms with Crippen LogP contribution in [-0.4, -0.2) is 50.1 Å². The van der Waals surface area contributed by atoms with Crippen LogP contribution < -0.4 is 15.0 Å². The number of para-hydroxylation sites is 1. The normalized spacial score (nSPS) is 16.4. The maximum Gasteiger partial charge on any atom is 0.224 e. The van der Waals surface area contributed by atoms with Crippen LogP contribution in [0.3, 0.4) is 0 Å². The Morgan fingerprint density at radius 1 is 1.00 bits per heavy atom. The second-order valence-electron chi connectivity index (χ2n) is 8.20. The predicted molar refractivity (Wildman–Crippen MR) is 132 cm³/mol. The molecule has 2 aromatic carbocycles. The Hall–Kier alpha value is -2.83. The molecular formula is C26H31N3O2S. The molecule has 32 heavy (non-hydrogen) atoms. The monoisotopic (exact) mass is 449 g/mol. The summed E-state index contributed by atoms with van der Waals surface area (Å²) < 4.78 is 5.21. The van der Waals surface area contributed by atoms with Crippen LogP contribution in [0.1, 0.15) is 23.4 Å². The summed E-state index contributed by atoms with van der Waals surface area (Å²) in [6.07, 6.45) is 0.368. The molecule has 2 atom stereocenters. The van der Waals surface area contributed by atoms with E-state index in [9.17, 15) is 4.79 Å². The lowest BCUT2D eigenvalue weighted by atomic mass is 10.0. The molecular weight excluding hydrogens is 418 g/mol. The van der Waals surface area contributed by atoms with E-state index in [1.807, 2.05) is 24.3 Å². The van der Waals surface area contributed by atoms with E-state index in [0.717, 1.165) is 37.5 Å². The average molecular weight is 450 g/mol. The van der Waals surface area contributed by atoms with E-state index >= 15 is 0 Å². The van der Waals surface area contributed by atoms with Gasteiger partial charge in [0.25, 0.3) is 0 Å². The summed E-state index contributed by atoms with van der Waals surface area (Å²) in [7, 11) is 1.65. The third-order valence-corrected chi connectivity index (χ3v) is 6.99. The van der Waals surface area contributed by atoms with Crippen LogP contribution in [0.25, 0.3) is 0 Å². The van der Waals surface area contributed by atoms with Gasteiger partial charge in [-0.1, -0.05) is 36.4 Å². The molecule has 1 aromatic heterocycles. The third-order valence-electron chi connectivity index (χ3n) is 6.05. The summed E-state index contributed by atoms with van der Waals surface area (Å²) in [4.78, 5) is 19.1. The zero-order valence-electron chi connectivity index (χ0n) is 18.7. The van der Waals surface area contributed by atoms with Gasteiger partial charge in [-0.25, -0.2) is 0 Å². The van der Waals surface area contributed by atoms with Gasteiger partial charge in [-0.05, 0) is 48.2 Å². The van der Waals surface area contributed by atoms with Crippen molar-refractivity contribution in [1.29, 1.82) is 0 Å². The molecule has 1 fully saturated rings. The lowest BCUT2D eigenvalue weighted by Crippen LogP contribution is -2.52. The van der Waals surface area contributed by atoms with Crippen molar-refractivity contribution in [3.63, 3.8) is 0 Å². The van der Waals surface area contributed by atoms with Crippen molar-refractivity contribution in [2.75, 3.05) is 38.2 Å². The Balaban J connectivity index is 1.40. The van der Waals surface area contributed by atoms with E-state index in [2.05, 4.69) is 69.9 Å². The van der Waals surface area contributed by atoms with Gasteiger partial charge in [-0.3, -0.25) is 9.69 Å². The van der Waals surface area contributed by atoms with E-state index in [1.54, 1.807) is 18.4 Å². The first-order valence-corrected chi connectivity index (χ1v) is 12.0. The quantitative estimate of drug-likeness (QED) is 0.555. The fourth-order valence-corrected chi connectivity index (χ4v) is 5.38. The van der Waals surface area contributed by atoms with Crippen LogP contribution >= 0.6 is 11.3 Å². The van der Waals surface area contributed by atoms with Gasteiger partial charge in [0, 0.05) is 42.8 Å². The van der Waals surface area contributed by atoms with E-state index < -0.39 is 0 Å². The molecule has 0 saturated carbocycles. The smallest absolute Gasteiger partial charge is 0.224 e. The van der Waals surface area contributed by atoms with Gasteiger partial charge in [0.05, 0.1) is 19.6 Å². The van der Waals surface area contributed by atoms with Crippen LogP contribution in [0, 0.1) is 0 Å². The van der Waals surface area contributed by atoms with Gasteiger partial charge >= 0.3 is 0 Å². The van der Waals surface area contributed by atoms with E-state index in [-0.39, 0.29) is 18.0 Å². The van der Waals surface area contributed by atoms with Crippen LogP contribution in [0.5, 0.6) is 5.75 Å². The molecule has 3 aromatic rings. The molecule has 1 aliphatic heterocycles. The molecule has 0 unspecified atom stereocenters. The molecule has 4 rings (SSSR count). The Kier molecular flexibility index (Phi) is 7.45. The minimum Gasteiger partial charge on any atom is -0.497 e. The highest BCUT2D eigenvalue weighted by Gasteiger charge is 2.30. The zero-order chi connectivity index (χ0) is 22.3. The highest BCUT2D eigenvalue weighted by molar-refractivity contribution is 7.10. The number of rotatable bonds is 8. The zero-order valence-corrected chi connectivity index (χ0v) is 19.6. The maximum absolute atomic E-state index is 12.8. The van der Waals surface area contributed by atoms with E-state index in [4.69, 9.17) is 4.74 Å². The number of hydrogen-bond acceptors (Lipinski definition) is 5. The fourth-order valence-electron chi connectivity index (χ4n) is 4.41. The third kappa shape index (κ3) is 5.50. The summed E-state index contributed by atoms with van der Waals surface area (Å²) >= 11 is 1.76. The van der Waals surface area contributed by atoms with E-state index in [0.29, 0.717) is 6.42 Å². The standard InChI is InChI=1S/C26H31N3O2S/c1-20(27-25(30)19-21-10-12-23(31-2)13-11-21)26(24-9-6-18-32-24)29-16-14-28(15-17-29)22-7-4-3-5-8-22/h3-13,18,20,26H,14-17,19H2,1-2H3,(H,27,30)/t20-,26-/m0/s1. The molecule has 5 nitrogen and oxygen atoms in total. The molecule has 0 radical (unpaired) electrons. The number of anilines is 1. The van der Waals surface area contributed by atoms with Crippen molar-refractivity contribution >= 4 is 22.9 Å². The van der Waals surface area contributed by atoms with Crippen LogP contribution in [-0.2, 0) is 11.2 Å². The largest absolute Gasteiger partial charge is 0.497 e. The molecule has 1 saturated heterocycles. The van der Waals surface area contributed by atoms with Crippen LogP contribution in [0.2, 0.25) is 0 Å². The number of methoxy groups -OCH3 is 1. The van der Waals surface area contributed by atoms with Crippen molar-refractivity contribution in [2.45, 2.75) is 25.4 Å². The number of hydrogen-bond donors (Lipinski definition) is 1. The van der Waals surface area contributed by atoms with Gasteiger partial charge in [-0.15, -0.1) is 11.3 Å². The summed E-state index contributed by atoms with van der Waals surface area (Å²) in [5, 5.41) is 5.39. The van der Waals surface area contributed by atoms with Gasteiger partial charge in [0.15, 0.2) is 0 Å². The first-order chi connectivity index (χ1) is 15.6.